The molecule has 0 aromatic heterocycles. The van der Waals surface area contributed by atoms with Crippen LogP contribution in [-0.4, -0.2) is 29.4 Å². The SMILES string of the molecule is CC(C)[C@@H](CN=C=S)NC(=O)OC(C)(C)C. The Hall–Kier alpha value is -0.930. The van der Waals surface area contributed by atoms with Gasteiger partial charge in [-0.3, -0.25) is 0 Å². The summed E-state index contributed by atoms with van der Waals surface area (Å²) in [5.74, 6) is 0.264. The fourth-order valence-corrected chi connectivity index (χ4v) is 1.09. The van der Waals surface area contributed by atoms with Crippen molar-refractivity contribution in [2.45, 2.75) is 46.3 Å². The summed E-state index contributed by atoms with van der Waals surface area (Å²) in [6, 6.07) is -0.0784. The standard InChI is InChI=1S/C11H20N2O2S/c1-8(2)9(6-12-7-16)13-10(14)15-11(3,4)5/h8-9H,6H2,1-5H3,(H,13,14)/t9-/m1/s1. The molecule has 0 saturated heterocycles. The number of rotatable bonds is 4. The molecule has 0 rings (SSSR count). The van der Waals surface area contributed by atoms with Gasteiger partial charge in [0.2, 0.25) is 0 Å². The Balaban J connectivity index is 4.29. The predicted octanol–water partition coefficient (Wildman–Crippen LogP) is 2.64. The molecule has 0 aromatic carbocycles. The van der Waals surface area contributed by atoms with Crippen LogP contribution in [0, 0.1) is 5.92 Å². The highest BCUT2D eigenvalue weighted by Crippen LogP contribution is 2.08. The van der Waals surface area contributed by atoms with E-state index in [1.165, 1.54) is 0 Å². The van der Waals surface area contributed by atoms with E-state index in [0.717, 1.165) is 0 Å². The second kappa shape index (κ2) is 6.61. The normalized spacial score (nSPS) is 12.9. The number of isothiocyanates is 1. The number of carbonyl (C=O) groups excluding carboxylic acids is 1. The second-order valence-corrected chi connectivity index (χ2v) is 5.11. The van der Waals surface area contributed by atoms with Gasteiger partial charge in [0.15, 0.2) is 0 Å². The molecule has 0 aliphatic rings. The monoisotopic (exact) mass is 244 g/mol. The van der Waals surface area contributed by atoms with Gasteiger partial charge in [0.1, 0.15) is 5.60 Å². The van der Waals surface area contributed by atoms with Gasteiger partial charge in [-0.15, -0.1) is 0 Å². The van der Waals surface area contributed by atoms with Gasteiger partial charge < -0.3 is 10.1 Å². The average Bonchev–Trinajstić information content (AvgIpc) is 2.08. The molecule has 1 atom stereocenters. The van der Waals surface area contributed by atoms with Crippen molar-refractivity contribution in [1.29, 1.82) is 0 Å². The Kier molecular flexibility index (Phi) is 6.22. The fourth-order valence-electron chi connectivity index (χ4n) is 1.02. The molecule has 4 nitrogen and oxygen atoms in total. The van der Waals surface area contributed by atoms with Crippen LogP contribution in [-0.2, 0) is 4.74 Å². The number of carbonyl (C=O) groups is 1. The van der Waals surface area contributed by atoms with E-state index in [9.17, 15) is 4.79 Å². The van der Waals surface area contributed by atoms with Gasteiger partial charge in [-0.1, -0.05) is 13.8 Å². The molecule has 5 heteroatoms. The molecule has 0 radical (unpaired) electrons. The first-order valence-electron chi connectivity index (χ1n) is 5.29. The predicted molar refractivity (Wildman–Crippen MR) is 67.9 cm³/mol. The van der Waals surface area contributed by atoms with E-state index < -0.39 is 11.7 Å². The molecule has 1 amide bonds. The van der Waals surface area contributed by atoms with Crippen LogP contribution in [0.25, 0.3) is 0 Å². The second-order valence-electron chi connectivity index (χ2n) is 4.93. The summed E-state index contributed by atoms with van der Waals surface area (Å²) in [6.45, 7) is 9.91. The van der Waals surface area contributed by atoms with Crippen molar-refractivity contribution in [3.05, 3.63) is 0 Å². The summed E-state index contributed by atoms with van der Waals surface area (Å²) in [7, 11) is 0. The molecule has 0 aromatic rings. The topological polar surface area (TPSA) is 50.7 Å². The molecular weight excluding hydrogens is 224 g/mol. The van der Waals surface area contributed by atoms with Gasteiger partial charge in [-0.2, -0.15) is 0 Å². The van der Waals surface area contributed by atoms with Crippen molar-refractivity contribution in [1.82, 2.24) is 5.32 Å². The van der Waals surface area contributed by atoms with Crippen molar-refractivity contribution in [3.63, 3.8) is 0 Å². The van der Waals surface area contributed by atoms with Crippen molar-refractivity contribution >= 4 is 23.5 Å². The molecule has 0 bridgehead atoms. The lowest BCUT2D eigenvalue weighted by molar-refractivity contribution is 0.0493. The Labute approximate surface area is 102 Å². The lowest BCUT2D eigenvalue weighted by atomic mass is 10.1. The molecule has 0 unspecified atom stereocenters. The number of ether oxygens (including phenoxy) is 1. The molecule has 16 heavy (non-hydrogen) atoms. The smallest absolute Gasteiger partial charge is 0.407 e. The third-order valence-electron chi connectivity index (χ3n) is 1.86. The van der Waals surface area contributed by atoms with E-state index >= 15 is 0 Å². The van der Waals surface area contributed by atoms with Crippen molar-refractivity contribution in [2.75, 3.05) is 6.54 Å². The number of nitrogens with one attached hydrogen (secondary N) is 1. The number of amides is 1. The Bertz CT molecular complexity index is 278. The molecule has 0 spiro atoms. The first-order valence-corrected chi connectivity index (χ1v) is 5.70. The quantitative estimate of drug-likeness (QED) is 0.611. The van der Waals surface area contributed by atoms with Crippen LogP contribution in [0.4, 0.5) is 4.79 Å². The summed E-state index contributed by atoms with van der Waals surface area (Å²) < 4.78 is 5.16. The molecule has 0 fully saturated rings. The van der Waals surface area contributed by atoms with Gasteiger partial charge in [-0.25, -0.2) is 9.79 Å². The van der Waals surface area contributed by atoms with Gasteiger partial charge in [0.25, 0.3) is 0 Å². The average molecular weight is 244 g/mol. The highest BCUT2D eigenvalue weighted by Gasteiger charge is 2.20. The minimum absolute atomic E-state index is 0.0784. The van der Waals surface area contributed by atoms with E-state index in [1.807, 2.05) is 34.6 Å². The molecule has 1 N–H and O–H groups in total. The maximum Gasteiger partial charge on any atom is 0.407 e. The molecule has 0 saturated carbocycles. The van der Waals surface area contributed by atoms with Crippen LogP contribution in [0.5, 0.6) is 0 Å². The number of hydrogen-bond donors (Lipinski definition) is 1. The highest BCUT2D eigenvalue weighted by atomic mass is 32.1. The molecule has 92 valence electrons. The third-order valence-corrected chi connectivity index (χ3v) is 1.99. The van der Waals surface area contributed by atoms with E-state index in [-0.39, 0.29) is 12.0 Å². The highest BCUT2D eigenvalue weighted by molar-refractivity contribution is 7.78. The van der Waals surface area contributed by atoms with Crippen molar-refractivity contribution < 1.29 is 9.53 Å². The Morgan fingerprint density at radius 2 is 2.06 bits per heavy atom. The minimum Gasteiger partial charge on any atom is -0.444 e. The molecule has 0 aliphatic carbocycles. The Morgan fingerprint density at radius 3 is 2.44 bits per heavy atom. The summed E-state index contributed by atoms with van der Waals surface area (Å²) in [5.41, 5.74) is -0.487. The largest absolute Gasteiger partial charge is 0.444 e. The summed E-state index contributed by atoms with van der Waals surface area (Å²) in [6.07, 6.45) is -0.425. The summed E-state index contributed by atoms with van der Waals surface area (Å²) >= 11 is 4.50. The van der Waals surface area contributed by atoms with Crippen molar-refractivity contribution in [2.24, 2.45) is 10.9 Å². The van der Waals surface area contributed by atoms with E-state index in [1.54, 1.807) is 0 Å². The first-order chi connectivity index (χ1) is 7.26. The Morgan fingerprint density at radius 1 is 1.50 bits per heavy atom. The van der Waals surface area contributed by atoms with E-state index in [0.29, 0.717) is 6.54 Å². The number of alkyl carbamates (subject to hydrolysis) is 1. The number of nitrogens with zero attached hydrogens (tertiary/aromatic N) is 1. The zero-order valence-corrected chi connectivity index (χ0v) is 11.4. The lowest BCUT2D eigenvalue weighted by Crippen LogP contribution is -2.43. The summed E-state index contributed by atoms with van der Waals surface area (Å²) in [5, 5.41) is 5.06. The van der Waals surface area contributed by atoms with Crippen LogP contribution in [0.3, 0.4) is 0 Å². The fraction of sp³-hybridized carbons (Fsp3) is 0.818. The number of aliphatic imine (C=N–C) groups is 1. The summed E-state index contributed by atoms with van der Waals surface area (Å²) in [4.78, 5) is 15.4. The number of hydrogen-bond acceptors (Lipinski definition) is 4. The molecule has 0 heterocycles. The zero-order valence-electron chi connectivity index (χ0n) is 10.5. The van der Waals surface area contributed by atoms with Crippen molar-refractivity contribution in [3.8, 4) is 0 Å². The van der Waals surface area contributed by atoms with Gasteiger partial charge in [0, 0.05) is 0 Å². The van der Waals surface area contributed by atoms with E-state index in [2.05, 4.69) is 27.7 Å². The van der Waals surface area contributed by atoms with Crippen LogP contribution in [0.1, 0.15) is 34.6 Å². The number of thiocarbonyl (C=S) groups is 1. The maximum atomic E-state index is 11.5. The van der Waals surface area contributed by atoms with Crippen LogP contribution in [0.2, 0.25) is 0 Å². The minimum atomic E-state index is -0.487. The zero-order chi connectivity index (χ0) is 12.8. The van der Waals surface area contributed by atoms with Gasteiger partial charge in [-0.05, 0) is 38.9 Å². The third kappa shape index (κ3) is 7.37. The first kappa shape index (κ1) is 15.1. The van der Waals surface area contributed by atoms with Gasteiger partial charge in [0.05, 0.1) is 17.7 Å². The van der Waals surface area contributed by atoms with E-state index in [4.69, 9.17) is 4.74 Å². The van der Waals surface area contributed by atoms with Gasteiger partial charge >= 0.3 is 6.09 Å². The maximum absolute atomic E-state index is 11.5. The molecular formula is C11H20N2O2S. The van der Waals surface area contributed by atoms with Crippen LogP contribution in [0.15, 0.2) is 4.99 Å². The van der Waals surface area contributed by atoms with Crippen LogP contribution < -0.4 is 5.32 Å². The molecule has 0 aliphatic heterocycles. The lowest BCUT2D eigenvalue weighted by Gasteiger charge is -2.24. The van der Waals surface area contributed by atoms with Crippen LogP contribution >= 0.6 is 12.2 Å².